The second-order valence-electron chi connectivity index (χ2n) is 4.02. The molecule has 0 spiro atoms. The molecule has 14 heavy (non-hydrogen) atoms. The molecule has 1 aliphatic rings. The first-order valence-corrected chi connectivity index (χ1v) is 7.02. The van der Waals surface area contributed by atoms with Crippen LogP contribution < -0.4 is 0 Å². The Bertz CT molecular complexity index is 294. The predicted octanol–water partition coefficient (Wildman–Crippen LogP) is 3.55. The smallest absolute Gasteiger partial charge is 0.170 e. The van der Waals surface area contributed by atoms with Crippen LogP contribution in [0.15, 0.2) is 4.34 Å². The van der Waals surface area contributed by atoms with Gasteiger partial charge in [0.05, 0.1) is 0 Å². The van der Waals surface area contributed by atoms with Gasteiger partial charge >= 0.3 is 0 Å². The van der Waals surface area contributed by atoms with E-state index in [1.165, 1.54) is 25.0 Å². The number of hydrogen-bond donors (Lipinski definition) is 0. The van der Waals surface area contributed by atoms with Crippen LogP contribution in [0.5, 0.6) is 0 Å². The summed E-state index contributed by atoms with van der Waals surface area (Å²) in [5, 5.41) is 0. The zero-order valence-electron chi connectivity index (χ0n) is 8.69. The molecule has 2 rings (SSSR count). The van der Waals surface area contributed by atoms with Gasteiger partial charge in [0.1, 0.15) is 5.82 Å². The molecule has 4 heteroatoms. The van der Waals surface area contributed by atoms with Crippen LogP contribution in [0.4, 0.5) is 0 Å². The Morgan fingerprint density at radius 1 is 1.57 bits per heavy atom. The number of aromatic nitrogens is 2. The van der Waals surface area contributed by atoms with Crippen molar-refractivity contribution in [2.45, 2.75) is 43.4 Å². The summed E-state index contributed by atoms with van der Waals surface area (Å²) < 4.78 is 5.55. The van der Waals surface area contributed by atoms with Gasteiger partial charge in [-0.05, 0) is 30.3 Å². The van der Waals surface area contributed by atoms with Gasteiger partial charge in [-0.3, -0.25) is 0 Å². The first-order valence-electron chi connectivity index (χ1n) is 5.26. The molecule has 1 unspecified atom stereocenters. The third-order valence-corrected chi connectivity index (χ3v) is 4.73. The quantitative estimate of drug-likeness (QED) is 0.721. The van der Waals surface area contributed by atoms with Gasteiger partial charge in [-0.1, -0.05) is 32.0 Å². The van der Waals surface area contributed by atoms with Crippen molar-refractivity contribution in [3.8, 4) is 0 Å². The third-order valence-electron chi connectivity index (χ3n) is 2.55. The molecule has 1 saturated carbocycles. The molecule has 1 fully saturated rings. The molecule has 78 valence electrons. The maximum Gasteiger partial charge on any atom is 0.170 e. The molecule has 1 heterocycles. The first kappa shape index (κ1) is 10.4. The lowest BCUT2D eigenvalue weighted by Crippen LogP contribution is -1.94. The van der Waals surface area contributed by atoms with Crippen molar-refractivity contribution in [1.82, 2.24) is 9.36 Å². The molecule has 0 N–H and O–H groups in total. The van der Waals surface area contributed by atoms with Gasteiger partial charge in [0, 0.05) is 11.7 Å². The summed E-state index contributed by atoms with van der Waals surface area (Å²) in [6.07, 6.45) is 3.85. The van der Waals surface area contributed by atoms with E-state index in [0.717, 1.165) is 16.1 Å². The standard InChI is InChI=1S/C10H16N2S2/c1-3-7(2)6-13-10-11-9(12-14-10)8-4-5-8/h7-8H,3-6H2,1-2H3. The molecule has 0 aromatic carbocycles. The number of thioether (sulfide) groups is 1. The maximum atomic E-state index is 4.55. The van der Waals surface area contributed by atoms with E-state index in [1.54, 1.807) is 11.5 Å². The number of nitrogens with zero attached hydrogens (tertiary/aromatic N) is 2. The van der Waals surface area contributed by atoms with Crippen molar-refractivity contribution >= 4 is 23.3 Å². The molecule has 0 saturated heterocycles. The highest BCUT2D eigenvalue weighted by atomic mass is 32.2. The lowest BCUT2D eigenvalue weighted by atomic mass is 10.2. The summed E-state index contributed by atoms with van der Waals surface area (Å²) in [5.41, 5.74) is 0. The molecular formula is C10H16N2S2. The van der Waals surface area contributed by atoms with Crippen LogP contribution in [0.3, 0.4) is 0 Å². The molecular weight excluding hydrogens is 212 g/mol. The highest BCUT2D eigenvalue weighted by molar-refractivity contribution is 8.00. The minimum absolute atomic E-state index is 0.698. The SMILES string of the molecule is CCC(C)CSc1nc(C2CC2)ns1. The van der Waals surface area contributed by atoms with Gasteiger partial charge in [-0.15, -0.1) is 0 Å². The molecule has 1 aliphatic carbocycles. The van der Waals surface area contributed by atoms with E-state index in [1.807, 2.05) is 11.8 Å². The van der Waals surface area contributed by atoms with Crippen molar-refractivity contribution in [2.75, 3.05) is 5.75 Å². The van der Waals surface area contributed by atoms with Gasteiger partial charge in [-0.25, -0.2) is 4.98 Å². The van der Waals surface area contributed by atoms with E-state index < -0.39 is 0 Å². The highest BCUT2D eigenvalue weighted by Gasteiger charge is 2.27. The van der Waals surface area contributed by atoms with Crippen molar-refractivity contribution in [1.29, 1.82) is 0 Å². The Morgan fingerprint density at radius 2 is 2.36 bits per heavy atom. The van der Waals surface area contributed by atoms with E-state index in [0.29, 0.717) is 5.92 Å². The van der Waals surface area contributed by atoms with E-state index in [9.17, 15) is 0 Å². The first-order chi connectivity index (χ1) is 6.79. The second kappa shape index (κ2) is 4.62. The highest BCUT2D eigenvalue weighted by Crippen LogP contribution is 2.39. The van der Waals surface area contributed by atoms with Crippen molar-refractivity contribution in [3.05, 3.63) is 5.82 Å². The summed E-state index contributed by atoms with van der Waals surface area (Å²) in [4.78, 5) is 4.55. The molecule has 0 bridgehead atoms. The molecule has 0 radical (unpaired) electrons. The van der Waals surface area contributed by atoms with Crippen molar-refractivity contribution in [3.63, 3.8) is 0 Å². The summed E-state index contributed by atoms with van der Waals surface area (Å²) in [7, 11) is 0. The predicted molar refractivity (Wildman–Crippen MR) is 62.1 cm³/mol. The Balaban J connectivity index is 1.83. The summed E-state index contributed by atoms with van der Waals surface area (Å²) in [5.74, 6) is 3.76. The largest absolute Gasteiger partial charge is 0.213 e. The molecule has 0 amide bonds. The van der Waals surface area contributed by atoms with Crippen molar-refractivity contribution in [2.24, 2.45) is 5.92 Å². The van der Waals surface area contributed by atoms with Crippen LogP contribution >= 0.6 is 23.3 Å². The minimum atomic E-state index is 0.698. The Morgan fingerprint density at radius 3 is 3.00 bits per heavy atom. The van der Waals surface area contributed by atoms with E-state index in [2.05, 4.69) is 23.2 Å². The fraction of sp³-hybridized carbons (Fsp3) is 0.800. The van der Waals surface area contributed by atoms with Crippen LogP contribution in [0, 0.1) is 5.92 Å². The lowest BCUT2D eigenvalue weighted by Gasteiger charge is -2.04. The van der Waals surface area contributed by atoms with Crippen LogP contribution in [0.1, 0.15) is 44.9 Å². The monoisotopic (exact) mass is 228 g/mol. The summed E-state index contributed by atoms with van der Waals surface area (Å²) >= 11 is 3.44. The average Bonchev–Trinajstić information content (AvgIpc) is 2.95. The fourth-order valence-electron chi connectivity index (χ4n) is 1.12. The molecule has 0 aliphatic heterocycles. The van der Waals surface area contributed by atoms with Gasteiger partial charge in [0.15, 0.2) is 4.34 Å². The Hall–Kier alpha value is -0.0900. The molecule has 1 atom stereocenters. The normalized spacial score (nSPS) is 18.4. The van der Waals surface area contributed by atoms with Crippen LogP contribution in [-0.2, 0) is 0 Å². The zero-order chi connectivity index (χ0) is 9.97. The fourth-order valence-corrected chi connectivity index (χ4v) is 2.96. The maximum absolute atomic E-state index is 4.55. The zero-order valence-corrected chi connectivity index (χ0v) is 10.3. The van der Waals surface area contributed by atoms with E-state index in [-0.39, 0.29) is 0 Å². The minimum Gasteiger partial charge on any atom is -0.213 e. The number of hydrogen-bond acceptors (Lipinski definition) is 4. The Labute approximate surface area is 93.7 Å². The summed E-state index contributed by atoms with van der Waals surface area (Å²) in [6, 6.07) is 0. The van der Waals surface area contributed by atoms with Crippen molar-refractivity contribution < 1.29 is 0 Å². The number of rotatable bonds is 5. The summed E-state index contributed by atoms with van der Waals surface area (Å²) in [6.45, 7) is 4.52. The van der Waals surface area contributed by atoms with Crippen LogP contribution in [0.25, 0.3) is 0 Å². The van der Waals surface area contributed by atoms with Crippen LogP contribution in [-0.4, -0.2) is 15.1 Å². The average molecular weight is 228 g/mol. The topological polar surface area (TPSA) is 25.8 Å². The third kappa shape index (κ3) is 2.70. The van der Waals surface area contributed by atoms with Gasteiger partial charge in [0.2, 0.25) is 0 Å². The second-order valence-corrected chi connectivity index (χ2v) is 6.04. The molecule has 1 aromatic rings. The van der Waals surface area contributed by atoms with Gasteiger partial charge < -0.3 is 0 Å². The lowest BCUT2D eigenvalue weighted by molar-refractivity contribution is 0.637. The van der Waals surface area contributed by atoms with Gasteiger partial charge in [-0.2, -0.15) is 4.37 Å². The molecule has 1 aromatic heterocycles. The van der Waals surface area contributed by atoms with Crippen LogP contribution in [0.2, 0.25) is 0 Å². The Kier molecular flexibility index (Phi) is 3.44. The van der Waals surface area contributed by atoms with E-state index in [4.69, 9.17) is 0 Å². The van der Waals surface area contributed by atoms with E-state index >= 15 is 0 Å². The molecule has 2 nitrogen and oxygen atoms in total. The van der Waals surface area contributed by atoms with Gasteiger partial charge in [0.25, 0.3) is 0 Å².